The maximum absolute atomic E-state index is 13.3. The molecule has 4 rings (SSSR count). The van der Waals surface area contributed by atoms with E-state index in [9.17, 15) is 14.7 Å². The highest BCUT2D eigenvalue weighted by atomic mass is 35.5. The van der Waals surface area contributed by atoms with E-state index in [1.165, 1.54) is 24.8 Å². The van der Waals surface area contributed by atoms with Gasteiger partial charge in [0.1, 0.15) is 11.4 Å². The highest BCUT2D eigenvalue weighted by molar-refractivity contribution is 6.42. The van der Waals surface area contributed by atoms with Crippen LogP contribution in [0.15, 0.2) is 30.3 Å². The molecule has 0 spiro atoms. The predicted molar refractivity (Wildman–Crippen MR) is 156 cm³/mol. The molecule has 0 bridgehead atoms. The molecule has 1 aliphatic carbocycles. The van der Waals surface area contributed by atoms with E-state index in [2.05, 4.69) is 15.5 Å². The van der Waals surface area contributed by atoms with E-state index in [1.807, 2.05) is 24.3 Å². The molecule has 2 aliphatic rings. The Bertz CT molecular complexity index is 1140. The van der Waals surface area contributed by atoms with E-state index in [0.717, 1.165) is 50.6 Å². The summed E-state index contributed by atoms with van der Waals surface area (Å²) in [7, 11) is 0. The molecule has 39 heavy (non-hydrogen) atoms. The molecule has 9 heteroatoms. The number of hydrogen-bond donors (Lipinski definition) is 3. The third-order valence-corrected chi connectivity index (χ3v) is 8.34. The van der Waals surface area contributed by atoms with Gasteiger partial charge >= 0.3 is 0 Å². The smallest absolute Gasteiger partial charge is 0.262 e. The number of rotatable bonds is 13. The number of phenolic OH excluding ortho intramolecular Hbond substituents is 1. The monoisotopic (exact) mass is 575 g/mol. The number of nitrogens with one attached hydrogen (secondary N) is 2. The maximum Gasteiger partial charge on any atom is 0.262 e. The number of halogens is 2. The van der Waals surface area contributed by atoms with Gasteiger partial charge in [-0.3, -0.25) is 9.59 Å². The zero-order valence-corrected chi connectivity index (χ0v) is 24.0. The number of anilines is 1. The Balaban J connectivity index is 1.21. The summed E-state index contributed by atoms with van der Waals surface area (Å²) < 4.78 is 5.58. The molecule has 2 aromatic rings. The van der Waals surface area contributed by atoms with E-state index in [4.69, 9.17) is 27.9 Å². The summed E-state index contributed by atoms with van der Waals surface area (Å²) in [5, 5.41) is 17.4. The number of unbranched alkanes of at least 4 members (excludes halogenated alkanes) is 2. The largest absolute Gasteiger partial charge is 0.506 e. The van der Waals surface area contributed by atoms with Crippen LogP contribution in [0.25, 0.3) is 0 Å². The first kappa shape index (κ1) is 29.5. The fourth-order valence-electron chi connectivity index (χ4n) is 5.48. The Morgan fingerprint density at radius 3 is 2.64 bits per heavy atom. The highest BCUT2D eigenvalue weighted by Crippen LogP contribution is 2.39. The van der Waals surface area contributed by atoms with Gasteiger partial charge in [0.2, 0.25) is 5.91 Å². The molecule has 1 heterocycles. The van der Waals surface area contributed by atoms with Crippen molar-refractivity contribution in [2.45, 2.75) is 76.7 Å². The molecule has 2 aromatic carbocycles. The third-order valence-electron chi connectivity index (χ3n) is 7.61. The lowest BCUT2D eigenvalue weighted by molar-refractivity contribution is -0.134. The molecule has 1 fully saturated rings. The van der Waals surface area contributed by atoms with Crippen LogP contribution in [0.1, 0.15) is 68.9 Å². The lowest BCUT2D eigenvalue weighted by atomic mass is 9.93. The molecule has 1 saturated carbocycles. The number of carbonyl (C=O) groups is 2. The van der Waals surface area contributed by atoms with Crippen molar-refractivity contribution < 1.29 is 19.4 Å². The summed E-state index contributed by atoms with van der Waals surface area (Å²) >= 11 is 12.1. The summed E-state index contributed by atoms with van der Waals surface area (Å²) in [4.78, 5) is 27.0. The van der Waals surface area contributed by atoms with Crippen molar-refractivity contribution in [1.82, 2.24) is 10.2 Å². The van der Waals surface area contributed by atoms with Crippen LogP contribution < -0.4 is 15.4 Å². The van der Waals surface area contributed by atoms with Crippen molar-refractivity contribution in [3.05, 3.63) is 51.5 Å². The number of benzene rings is 2. The van der Waals surface area contributed by atoms with Gasteiger partial charge in [-0.05, 0) is 74.4 Å². The van der Waals surface area contributed by atoms with Crippen LogP contribution >= 0.6 is 23.2 Å². The Kier molecular flexibility index (Phi) is 11.2. The van der Waals surface area contributed by atoms with Gasteiger partial charge in [0.05, 0.1) is 10.0 Å². The second-order valence-electron chi connectivity index (χ2n) is 10.5. The van der Waals surface area contributed by atoms with Gasteiger partial charge in [0.15, 0.2) is 12.4 Å². The first-order valence-electron chi connectivity index (χ1n) is 14.1. The quantitative estimate of drug-likeness (QED) is 0.197. The Morgan fingerprint density at radius 2 is 1.85 bits per heavy atom. The molecule has 0 saturated heterocycles. The molecule has 7 nitrogen and oxygen atoms in total. The number of fused-ring (bicyclic) bond motifs is 1. The van der Waals surface area contributed by atoms with Crippen LogP contribution in [0.2, 0.25) is 10.0 Å². The van der Waals surface area contributed by atoms with Crippen molar-refractivity contribution in [1.29, 1.82) is 0 Å². The number of carbonyl (C=O) groups excluding carboxylic acids is 2. The maximum atomic E-state index is 13.3. The van der Waals surface area contributed by atoms with Crippen molar-refractivity contribution in [2.24, 2.45) is 0 Å². The topological polar surface area (TPSA) is 90.9 Å². The zero-order chi connectivity index (χ0) is 27.6. The van der Waals surface area contributed by atoms with Gasteiger partial charge in [0, 0.05) is 25.6 Å². The minimum Gasteiger partial charge on any atom is -0.506 e. The summed E-state index contributed by atoms with van der Waals surface area (Å²) in [5.74, 6) is 0.530. The fraction of sp³-hybridized carbons (Fsp3) is 0.533. The van der Waals surface area contributed by atoms with Crippen LogP contribution in [-0.4, -0.2) is 54.1 Å². The van der Waals surface area contributed by atoms with Crippen LogP contribution in [0.3, 0.4) is 0 Å². The first-order valence-corrected chi connectivity index (χ1v) is 14.9. The van der Waals surface area contributed by atoms with Gasteiger partial charge < -0.3 is 25.4 Å². The van der Waals surface area contributed by atoms with Crippen molar-refractivity contribution in [3.8, 4) is 11.5 Å². The molecule has 212 valence electrons. The minimum atomic E-state index is -0.271. The van der Waals surface area contributed by atoms with Crippen LogP contribution in [0, 0.1) is 0 Å². The number of nitrogens with zero attached hydrogens (tertiary/aromatic N) is 1. The molecule has 1 aliphatic heterocycles. The van der Waals surface area contributed by atoms with E-state index in [-0.39, 0.29) is 24.2 Å². The number of phenols is 1. The molecular weight excluding hydrogens is 537 g/mol. The van der Waals surface area contributed by atoms with Crippen molar-refractivity contribution >= 4 is 40.7 Å². The van der Waals surface area contributed by atoms with E-state index in [1.54, 1.807) is 6.07 Å². The fourth-order valence-corrected chi connectivity index (χ4v) is 5.80. The van der Waals surface area contributed by atoms with Crippen molar-refractivity contribution in [3.63, 3.8) is 0 Å². The van der Waals surface area contributed by atoms with Gasteiger partial charge in [-0.2, -0.15) is 0 Å². The van der Waals surface area contributed by atoms with Gasteiger partial charge in [-0.25, -0.2) is 0 Å². The molecule has 0 radical (unpaired) electrons. The number of aryl methyl sites for hydroxylation is 1. The third kappa shape index (κ3) is 8.50. The number of ether oxygens (including phenoxy) is 1. The van der Waals surface area contributed by atoms with Crippen LogP contribution in [-0.2, 0) is 22.4 Å². The second-order valence-corrected chi connectivity index (χ2v) is 11.3. The lowest BCUT2D eigenvalue weighted by Gasteiger charge is -2.34. The number of amides is 2. The van der Waals surface area contributed by atoms with Gasteiger partial charge in [-0.15, -0.1) is 0 Å². The molecular formula is C30H39Cl2N3O4. The molecule has 3 N–H and O–H groups in total. The summed E-state index contributed by atoms with van der Waals surface area (Å²) in [5.41, 5.74) is 2.45. The Morgan fingerprint density at radius 1 is 1.03 bits per heavy atom. The molecule has 0 unspecified atom stereocenters. The number of aromatic hydroxyl groups is 1. The van der Waals surface area contributed by atoms with E-state index in [0.29, 0.717) is 53.5 Å². The van der Waals surface area contributed by atoms with Crippen LogP contribution in [0.4, 0.5) is 5.69 Å². The summed E-state index contributed by atoms with van der Waals surface area (Å²) in [6, 6.07) is 9.52. The molecule has 2 amide bonds. The summed E-state index contributed by atoms with van der Waals surface area (Å²) in [6.45, 7) is 2.07. The van der Waals surface area contributed by atoms with E-state index >= 15 is 0 Å². The Labute approximate surface area is 241 Å². The average molecular weight is 577 g/mol. The lowest BCUT2D eigenvalue weighted by Crippen LogP contribution is -2.45. The zero-order valence-electron chi connectivity index (χ0n) is 22.4. The van der Waals surface area contributed by atoms with Crippen molar-refractivity contribution in [2.75, 3.05) is 31.6 Å². The molecule has 0 atom stereocenters. The summed E-state index contributed by atoms with van der Waals surface area (Å²) in [6.07, 6.45) is 10.9. The van der Waals surface area contributed by atoms with E-state index < -0.39 is 0 Å². The Hall–Kier alpha value is -2.48. The SMILES string of the molecule is O=C1COc2c(CCNCCN(C(=O)CCCCCc3ccc(Cl)c(Cl)c3)C3CCCCC3)ccc(O)c2N1. The van der Waals surface area contributed by atoms with Gasteiger partial charge in [0.25, 0.3) is 5.91 Å². The minimum absolute atomic E-state index is 0.00534. The number of hydrogen-bond acceptors (Lipinski definition) is 5. The predicted octanol–water partition coefficient (Wildman–Crippen LogP) is 6.13. The van der Waals surface area contributed by atoms with Gasteiger partial charge in [-0.1, -0.05) is 61.0 Å². The standard InChI is InChI=1S/C30H39Cl2N3O4/c31-24-13-11-21(19-25(24)32)7-3-1-6-10-28(38)35(23-8-4-2-5-9-23)18-17-33-16-15-22-12-14-26(36)29-30(22)39-20-27(37)34-29/h11-14,19,23,33,36H,1-10,15-18,20H2,(H,34,37). The average Bonchev–Trinajstić information content (AvgIpc) is 2.94. The van der Waals surface area contributed by atoms with Crippen LogP contribution in [0.5, 0.6) is 11.5 Å². The highest BCUT2D eigenvalue weighted by Gasteiger charge is 2.25. The first-order chi connectivity index (χ1) is 18.9. The molecule has 0 aromatic heterocycles. The second kappa shape index (κ2) is 14.8. The normalized spacial score (nSPS) is 15.4.